The number of benzene rings is 1. The summed E-state index contributed by atoms with van der Waals surface area (Å²) in [5.41, 5.74) is 2.73. The molecule has 0 saturated carbocycles. The molecule has 0 amide bonds. The van der Waals surface area contributed by atoms with E-state index in [4.69, 9.17) is 9.47 Å². The molecule has 3 heterocycles. The van der Waals surface area contributed by atoms with Gasteiger partial charge in [-0.1, -0.05) is 0 Å². The zero-order valence-corrected chi connectivity index (χ0v) is 10.1. The van der Waals surface area contributed by atoms with E-state index in [0.717, 1.165) is 28.4 Å². The van der Waals surface area contributed by atoms with Crippen LogP contribution in [0.15, 0.2) is 43.0 Å². The second kappa shape index (κ2) is 3.98. The Morgan fingerprint density at radius 2 is 2.00 bits per heavy atom. The predicted molar refractivity (Wildman–Crippen MR) is 69.4 cm³/mol. The maximum Gasteiger partial charge on any atom is 0.162 e. The first-order valence-electron chi connectivity index (χ1n) is 6.09. The van der Waals surface area contributed by atoms with Crippen molar-refractivity contribution in [2.24, 2.45) is 0 Å². The average molecular weight is 253 g/mol. The molecule has 1 aliphatic heterocycles. The van der Waals surface area contributed by atoms with Crippen LogP contribution >= 0.6 is 0 Å². The first-order chi connectivity index (χ1) is 9.40. The number of rotatable bonds is 1. The molecule has 0 atom stereocenters. The summed E-state index contributed by atoms with van der Waals surface area (Å²) < 4.78 is 13.0. The topological polar surface area (TPSA) is 48.7 Å². The zero-order chi connectivity index (χ0) is 12.7. The van der Waals surface area contributed by atoms with E-state index < -0.39 is 0 Å². The van der Waals surface area contributed by atoms with E-state index in [1.54, 1.807) is 12.4 Å². The van der Waals surface area contributed by atoms with Gasteiger partial charge in [0.15, 0.2) is 17.1 Å². The smallest absolute Gasteiger partial charge is 0.162 e. The van der Waals surface area contributed by atoms with Gasteiger partial charge in [0.25, 0.3) is 0 Å². The van der Waals surface area contributed by atoms with Crippen molar-refractivity contribution in [3.8, 4) is 22.8 Å². The quantitative estimate of drug-likeness (QED) is 0.667. The zero-order valence-electron chi connectivity index (χ0n) is 10.1. The van der Waals surface area contributed by atoms with Crippen LogP contribution in [0.1, 0.15) is 0 Å². The number of aromatic nitrogens is 3. The number of imidazole rings is 1. The van der Waals surface area contributed by atoms with Gasteiger partial charge >= 0.3 is 0 Å². The van der Waals surface area contributed by atoms with Gasteiger partial charge in [-0.2, -0.15) is 0 Å². The van der Waals surface area contributed by atoms with Crippen LogP contribution in [-0.2, 0) is 0 Å². The SMILES string of the molecule is c1cn2cc(-c3ccc4c(c3)OCCO4)nc2cn1. The van der Waals surface area contributed by atoms with Crippen molar-refractivity contribution in [3.63, 3.8) is 0 Å². The Labute approximate surface area is 109 Å². The molecule has 0 bridgehead atoms. The van der Waals surface area contributed by atoms with Crippen molar-refractivity contribution in [3.05, 3.63) is 43.0 Å². The fourth-order valence-electron chi connectivity index (χ4n) is 2.18. The maximum atomic E-state index is 5.59. The molecule has 0 spiro atoms. The van der Waals surface area contributed by atoms with Crippen molar-refractivity contribution < 1.29 is 9.47 Å². The van der Waals surface area contributed by atoms with Gasteiger partial charge in [0, 0.05) is 24.2 Å². The molecule has 5 nitrogen and oxygen atoms in total. The second-order valence-electron chi connectivity index (χ2n) is 4.33. The third-order valence-corrected chi connectivity index (χ3v) is 3.10. The molecule has 0 saturated heterocycles. The number of fused-ring (bicyclic) bond motifs is 2. The fourth-order valence-corrected chi connectivity index (χ4v) is 2.18. The Kier molecular flexibility index (Phi) is 2.17. The summed E-state index contributed by atoms with van der Waals surface area (Å²) in [6, 6.07) is 5.87. The van der Waals surface area contributed by atoms with Crippen LogP contribution in [0.2, 0.25) is 0 Å². The average Bonchev–Trinajstić information content (AvgIpc) is 2.90. The molecule has 0 radical (unpaired) electrons. The molecular weight excluding hydrogens is 242 g/mol. The molecule has 19 heavy (non-hydrogen) atoms. The summed E-state index contributed by atoms with van der Waals surface area (Å²) in [4.78, 5) is 8.60. The summed E-state index contributed by atoms with van der Waals surface area (Å²) in [7, 11) is 0. The second-order valence-corrected chi connectivity index (χ2v) is 4.33. The Balaban J connectivity index is 1.83. The lowest BCUT2D eigenvalue weighted by molar-refractivity contribution is 0.171. The van der Waals surface area contributed by atoms with Gasteiger partial charge in [-0.05, 0) is 18.2 Å². The highest BCUT2D eigenvalue weighted by atomic mass is 16.6. The van der Waals surface area contributed by atoms with E-state index in [2.05, 4.69) is 9.97 Å². The van der Waals surface area contributed by atoms with Crippen molar-refractivity contribution in [1.82, 2.24) is 14.4 Å². The number of hydrogen-bond acceptors (Lipinski definition) is 4. The summed E-state index contributed by atoms with van der Waals surface area (Å²) in [5, 5.41) is 0. The Morgan fingerprint density at radius 3 is 2.89 bits per heavy atom. The molecular formula is C14H11N3O2. The first kappa shape index (κ1) is 10.4. The molecule has 1 aromatic carbocycles. The molecule has 0 N–H and O–H groups in total. The van der Waals surface area contributed by atoms with Crippen molar-refractivity contribution in [2.45, 2.75) is 0 Å². The molecule has 0 fully saturated rings. The van der Waals surface area contributed by atoms with Gasteiger partial charge in [0.2, 0.25) is 0 Å². The standard InChI is InChI=1S/C14H11N3O2/c1-2-12-13(19-6-5-18-12)7-10(1)11-9-17-4-3-15-8-14(17)16-11/h1-4,7-9H,5-6H2. The lowest BCUT2D eigenvalue weighted by Gasteiger charge is -2.18. The lowest BCUT2D eigenvalue weighted by Crippen LogP contribution is -2.15. The largest absolute Gasteiger partial charge is 0.486 e. The molecule has 0 unspecified atom stereocenters. The molecule has 2 aromatic heterocycles. The highest BCUT2D eigenvalue weighted by molar-refractivity contribution is 5.66. The first-order valence-corrected chi connectivity index (χ1v) is 6.09. The number of nitrogens with zero attached hydrogens (tertiary/aromatic N) is 3. The van der Waals surface area contributed by atoms with Gasteiger partial charge < -0.3 is 13.9 Å². The number of ether oxygens (including phenoxy) is 2. The Bertz CT molecular complexity index is 718. The Morgan fingerprint density at radius 1 is 1.11 bits per heavy atom. The molecule has 5 heteroatoms. The summed E-state index contributed by atoms with van der Waals surface area (Å²) in [5.74, 6) is 1.57. The monoisotopic (exact) mass is 253 g/mol. The summed E-state index contributed by atoms with van der Waals surface area (Å²) >= 11 is 0. The summed E-state index contributed by atoms with van der Waals surface area (Å²) in [6.45, 7) is 1.19. The van der Waals surface area contributed by atoms with Gasteiger partial charge in [-0.3, -0.25) is 4.98 Å². The highest BCUT2D eigenvalue weighted by Gasteiger charge is 2.13. The van der Waals surface area contributed by atoms with Crippen LogP contribution in [-0.4, -0.2) is 27.6 Å². The number of hydrogen-bond donors (Lipinski definition) is 0. The van der Waals surface area contributed by atoms with E-state index in [1.165, 1.54) is 0 Å². The third-order valence-electron chi connectivity index (χ3n) is 3.10. The van der Waals surface area contributed by atoms with E-state index in [0.29, 0.717) is 13.2 Å². The van der Waals surface area contributed by atoms with Crippen molar-refractivity contribution in [1.29, 1.82) is 0 Å². The van der Waals surface area contributed by atoms with Gasteiger partial charge in [-0.15, -0.1) is 0 Å². The van der Waals surface area contributed by atoms with Crippen LogP contribution in [0.3, 0.4) is 0 Å². The highest BCUT2D eigenvalue weighted by Crippen LogP contribution is 2.34. The van der Waals surface area contributed by atoms with Crippen molar-refractivity contribution >= 4 is 5.65 Å². The van der Waals surface area contributed by atoms with E-state index >= 15 is 0 Å². The minimum Gasteiger partial charge on any atom is -0.486 e. The van der Waals surface area contributed by atoms with Crippen molar-refractivity contribution in [2.75, 3.05) is 13.2 Å². The van der Waals surface area contributed by atoms with Gasteiger partial charge in [0.05, 0.1) is 11.9 Å². The molecule has 3 aromatic rings. The van der Waals surface area contributed by atoms with E-state index in [9.17, 15) is 0 Å². The molecule has 0 aliphatic carbocycles. The summed E-state index contributed by atoms with van der Waals surface area (Å²) in [6.07, 6.45) is 7.33. The molecule has 4 rings (SSSR count). The lowest BCUT2D eigenvalue weighted by atomic mass is 10.1. The van der Waals surface area contributed by atoms with Crippen LogP contribution in [0.4, 0.5) is 0 Å². The molecule has 1 aliphatic rings. The fraction of sp³-hybridized carbons (Fsp3) is 0.143. The molecule has 94 valence electrons. The minimum atomic E-state index is 0.589. The maximum absolute atomic E-state index is 5.59. The van der Waals surface area contributed by atoms with E-state index in [-0.39, 0.29) is 0 Å². The van der Waals surface area contributed by atoms with Crippen LogP contribution in [0, 0.1) is 0 Å². The Hall–Kier alpha value is -2.56. The normalized spacial score (nSPS) is 13.7. The predicted octanol–water partition coefficient (Wildman–Crippen LogP) is 2.17. The van der Waals surface area contributed by atoms with E-state index in [1.807, 2.05) is 35.0 Å². The van der Waals surface area contributed by atoms with Gasteiger partial charge in [0.1, 0.15) is 13.2 Å². The van der Waals surface area contributed by atoms with Crippen LogP contribution in [0.5, 0.6) is 11.5 Å². The van der Waals surface area contributed by atoms with Crippen LogP contribution in [0.25, 0.3) is 16.9 Å². The van der Waals surface area contributed by atoms with Crippen LogP contribution < -0.4 is 9.47 Å². The third kappa shape index (κ3) is 1.71. The van der Waals surface area contributed by atoms with Gasteiger partial charge in [-0.25, -0.2) is 4.98 Å². The minimum absolute atomic E-state index is 0.589.